The molecule has 0 aromatic carbocycles. The van der Waals surface area contributed by atoms with Crippen molar-refractivity contribution in [3.8, 4) is 0 Å². The zero-order valence-corrected chi connectivity index (χ0v) is 12.6. The number of anilines is 1. The van der Waals surface area contributed by atoms with E-state index in [1.54, 1.807) is 12.3 Å². The minimum Gasteiger partial charge on any atom is -0.383 e. The zero-order chi connectivity index (χ0) is 14.5. The number of hydrogen-bond donors (Lipinski definition) is 1. The fourth-order valence-corrected chi connectivity index (χ4v) is 1.46. The van der Waals surface area contributed by atoms with Gasteiger partial charge in [-0.3, -0.25) is 4.79 Å². The van der Waals surface area contributed by atoms with Crippen LogP contribution in [0.2, 0.25) is 0 Å². The minimum absolute atomic E-state index is 0.105. The summed E-state index contributed by atoms with van der Waals surface area (Å²) < 4.78 is 7.01. The van der Waals surface area contributed by atoms with Gasteiger partial charge in [-0.15, -0.1) is 0 Å². The molecule has 0 spiro atoms. The summed E-state index contributed by atoms with van der Waals surface area (Å²) in [6.07, 6.45) is 1.68. The Morgan fingerprint density at radius 3 is 2.63 bits per heavy atom. The molecule has 1 aromatic heterocycles. The largest absolute Gasteiger partial charge is 0.383 e. The van der Waals surface area contributed by atoms with Gasteiger partial charge in [-0.1, -0.05) is 13.8 Å². The molecule has 0 saturated heterocycles. The molecule has 0 unspecified atom stereocenters. The van der Waals surface area contributed by atoms with Gasteiger partial charge in [0.2, 0.25) is 0 Å². The molecule has 0 fully saturated rings. The minimum atomic E-state index is -0.192. The van der Waals surface area contributed by atoms with Crippen molar-refractivity contribution < 1.29 is 4.74 Å². The molecule has 0 aliphatic heterocycles. The van der Waals surface area contributed by atoms with Crippen LogP contribution in [0, 0.1) is 5.92 Å². The van der Waals surface area contributed by atoms with Gasteiger partial charge in [0.1, 0.15) is 0 Å². The summed E-state index contributed by atoms with van der Waals surface area (Å²) in [5.41, 5.74) is 0.473. The number of aromatic nitrogens is 2. The second-order valence-electron chi connectivity index (χ2n) is 6.04. The molecule has 1 N–H and O–H groups in total. The Morgan fingerprint density at radius 2 is 2.11 bits per heavy atom. The topological polar surface area (TPSA) is 56.1 Å². The van der Waals surface area contributed by atoms with Crippen LogP contribution in [-0.2, 0) is 11.3 Å². The molecule has 0 bridgehead atoms. The van der Waals surface area contributed by atoms with Crippen LogP contribution in [0.15, 0.2) is 17.1 Å². The monoisotopic (exact) mass is 267 g/mol. The van der Waals surface area contributed by atoms with Gasteiger partial charge in [0.25, 0.3) is 5.56 Å². The van der Waals surface area contributed by atoms with Crippen LogP contribution in [-0.4, -0.2) is 28.5 Å². The maximum atomic E-state index is 11.8. The molecule has 5 heteroatoms. The van der Waals surface area contributed by atoms with E-state index in [-0.39, 0.29) is 11.2 Å². The van der Waals surface area contributed by atoms with Gasteiger partial charge in [-0.2, -0.15) is 5.10 Å². The van der Waals surface area contributed by atoms with Crippen molar-refractivity contribution >= 4 is 5.69 Å². The highest BCUT2D eigenvalue weighted by Gasteiger charge is 2.10. The molecule has 1 heterocycles. The summed E-state index contributed by atoms with van der Waals surface area (Å²) in [4.78, 5) is 11.8. The maximum absolute atomic E-state index is 11.8. The highest BCUT2D eigenvalue weighted by Crippen LogP contribution is 2.06. The van der Waals surface area contributed by atoms with Crippen LogP contribution in [0.5, 0.6) is 0 Å². The fourth-order valence-electron chi connectivity index (χ4n) is 1.46. The molecule has 1 aromatic rings. The molecule has 108 valence electrons. The molecular formula is C14H25N3O2. The van der Waals surface area contributed by atoms with Crippen LogP contribution >= 0.6 is 0 Å². The third-order valence-electron chi connectivity index (χ3n) is 2.42. The Labute approximate surface area is 115 Å². The average Bonchev–Trinajstić information content (AvgIpc) is 2.27. The summed E-state index contributed by atoms with van der Waals surface area (Å²) in [6.45, 7) is 12.0. The van der Waals surface area contributed by atoms with Crippen molar-refractivity contribution in [3.63, 3.8) is 0 Å². The van der Waals surface area contributed by atoms with E-state index in [2.05, 4.69) is 24.3 Å². The van der Waals surface area contributed by atoms with Crippen molar-refractivity contribution in [2.75, 3.05) is 18.5 Å². The Balaban J connectivity index is 2.55. The lowest BCUT2D eigenvalue weighted by Crippen LogP contribution is -2.28. The van der Waals surface area contributed by atoms with Crippen molar-refractivity contribution in [2.45, 2.75) is 46.8 Å². The summed E-state index contributed by atoms with van der Waals surface area (Å²) in [6, 6.07) is 1.58. The number of rotatable bonds is 6. The molecule has 1 rings (SSSR count). The van der Waals surface area contributed by atoms with Crippen molar-refractivity contribution in [1.29, 1.82) is 0 Å². The fraction of sp³-hybridized carbons (Fsp3) is 0.714. The van der Waals surface area contributed by atoms with Crippen LogP contribution < -0.4 is 10.9 Å². The summed E-state index contributed by atoms with van der Waals surface area (Å²) in [5.74, 6) is 0.530. The number of ether oxygens (including phenoxy) is 1. The Hall–Kier alpha value is -1.36. The average molecular weight is 267 g/mol. The first-order chi connectivity index (χ1) is 8.78. The van der Waals surface area contributed by atoms with Gasteiger partial charge < -0.3 is 10.1 Å². The van der Waals surface area contributed by atoms with E-state index >= 15 is 0 Å². The summed E-state index contributed by atoms with van der Waals surface area (Å²) >= 11 is 0. The Morgan fingerprint density at radius 1 is 1.42 bits per heavy atom. The Kier molecular flexibility index (Phi) is 5.54. The van der Waals surface area contributed by atoms with E-state index in [0.29, 0.717) is 19.1 Å². The molecule has 0 aliphatic carbocycles. The van der Waals surface area contributed by atoms with Crippen LogP contribution in [0.1, 0.15) is 34.6 Å². The van der Waals surface area contributed by atoms with Gasteiger partial charge in [0, 0.05) is 12.6 Å². The van der Waals surface area contributed by atoms with Crippen LogP contribution in [0.4, 0.5) is 5.69 Å². The second-order valence-corrected chi connectivity index (χ2v) is 6.04. The van der Waals surface area contributed by atoms with Crippen LogP contribution in [0.3, 0.4) is 0 Å². The van der Waals surface area contributed by atoms with Gasteiger partial charge >= 0.3 is 0 Å². The standard InChI is InChI=1S/C14H25N3O2/c1-11(2)9-15-12-8-13(18)17(16-10-12)6-7-19-14(3,4)5/h8,10-11,15H,6-7,9H2,1-5H3. The molecule has 0 radical (unpaired) electrons. The lowest BCUT2D eigenvalue weighted by Gasteiger charge is -2.19. The van der Waals surface area contributed by atoms with Crippen molar-refractivity contribution in [3.05, 3.63) is 22.6 Å². The lowest BCUT2D eigenvalue weighted by molar-refractivity contribution is -0.00835. The van der Waals surface area contributed by atoms with Gasteiger partial charge in [0.15, 0.2) is 0 Å². The normalized spacial score (nSPS) is 11.9. The highest BCUT2D eigenvalue weighted by atomic mass is 16.5. The molecule has 0 saturated carbocycles. The molecule has 0 aliphatic rings. The Bertz CT molecular complexity index is 447. The summed E-state index contributed by atoms with van der Waals surface area (Å²) in [7, 11) is 0. The molecule has 5 nitrogen and oxygen atoms in total. The lowest BCUT2D eigenvalue weighted by atomic mass is 10.2. The molecular weight excluding hydrogens is 242 g/mol. The van der Waals surface area contributed by atoms with Crippen LogP contribution in [0.25, 0.3) is 0 Å². The molecule has 0 atom stereocenters. The number of hydrogen-bond acceptors (Lipinski definition) is 4. The van der Waals surface area contributed by atoms with E-state index in [9.17, 15) is 4.79 Å². The van der Waals surface area contributed by atoms with E-state index < -0.39 is 0 Å². The first kappa shape index (κ1) is 15.7. The highest BCUT2D eigenvalue weighted by molar-refractivity contribution is 5.38. The van der Waals surface area contributed by atoms with Crippen molar-refractivity contribution in [2.24, 2.45) is 5.92 Å². The zero-order valence-electron chi connectivity index (χ0n) is 12.6. The first-order valence-electron chi connectivity index (χ1n) is 6.73. The van der Waals surface area contributed by atoms with E-state index in [0.717, 1.165) is 12.2 Å². The van der Waals surface area contributed by atoms with E-state index in [1.807, 2.05) is 20.8 Å². The quantitative estimate of drug-likeness (QED) is 0.858. The molecule has 0 amide bonds. The maximum Gasteiger partial charge on any atom is 0.268 e. The predicted molar refractivity (Wildman–Crippen MR) is 77.5 cm³/mol. The second kappa shape index (κ2) is 6.70. The smallest absolute Gasteiger partial charge is 0.268 e. The van der Waals surface area contributed by atoms with E-state index in [1.165, 1.54) is 4.68 Å². The predicted octanol–water partition coefficient (Wildman–Crippen LogP) is 2.13. The third-order valence-corrected chi connectivity index (χ3v) is 2.42. The van der Waals surface area contributed by atoms with E-state index in [4.69, 9.17) is 4.74 Å². The summed E-state index contributed by atoms with van der Waals surface area (Å²) in [5, 5.41) is 7.32. The molecule has 19 heavy (non-hydrogen) atoms. The number of nitrogens with zero attached hydrogens (tertiary/aromatic N) is 2. The number of nitrogens with one attached hydrogen (secondary N) is 1. The third kappa shape index (κ3) is 6.38. The van der Waals surface area contributed by atoms with Gasteiger partial charge in [0.05, 0.1) is 30.6 Å². The van der Waals surface area contributed by atoms with Crippen molar-refractivity contribution in [1.82, 2.24) is 9.78 Å². The van der Waals surface area contributed by atoms with Gasteiger partial charge in [-0.25, -0.2) is 4.68 Å². The first-order valence-corrected chi connectivity index (χ1v) is 6.73. The SMILES string of the molecule is CC(C)CNc1cnn(CCOC(C)(C)C)c(=O)c1. The van der Waals surface area contributed by atoms with Gasteiger partial charge in [-0.05, 0) is 26.7 Å².